The van der Waals surface area contributed by atoms with Crippen LogP contribution in [0.25, 0.3) is 11.5 Å². The van der Waals surface area contributed by atoms with Gasteiger partial charge in [0.25, 0.3) is 11.6 Å². The van der Waals surface area contributed by atoms with E-state index in [1.54, 1.807) is 12.1 Å². The lowest BCUT2D eigenvalue weighted by atomic mass is 10.1. The molecule has 1 heterocycles. The van der Waals surface area contributed by atoms with Crippen LogP contribution >= 0.6 is 0 Å². The van der Waals surface area contributed by atoms with Gasteiger partial charge in [0.15, 0.2) is 18.1 Å². The Kier molecular flexibility index (Phi) is 6.37. The number of hydrogen-bond acceptors (Lipinski definition) is 9. The smallest absolute Gasteiger partial charge is 0.420 e. The number of non-ortho nitro benzene ring substituents is 1. The summed E-state index contributed by atoms with van der Waals surface area (Å²) in [6.07, 6.45) is -4.86. The lowest BCUT2D eigenvalue weighted by Gasteiger charge is -2.13. The summed E-state index contributed by atoms with van der Waals surface area (Å²) in [6.45, 7) is -0.502. The van der Waals surface area contributed by atoms with Crippen molar-refractivity contribution in [2.75, 3.05) is 21.3 Å². The predicted octanol–water partition coefficient (Wildman–Crippen LogP) is 4.27. The van der Waals surface area contributed by atoms with E-state index >= 15 is 0 Å². The number of methoxy groups -OCH3 is 3. The minimum absolute atomic E-state index is 0.0302. The zero-order chi connectivity index (χ0) is 23.5. The molecule has 0 aliphatic rings. The Hall–Kier alpha value is -4.03. The molecule has 0 unspecified atom stereocenters. The van der Waals surface area contributed by atoms with Crippen molar-refractivity contribution in [3.8, 4) is 34.5 Å². The highest BCUT2D eigenvalue weighted by atomic mass is 19.4. The lowest BCUT2D eigenvalue weighted by molar-refractivity contribution is -0.385. The zero-order valence-corrected chi connectivity index (χ0v) is 16.9. The number of halogens is 3. The quantitative estimate of drug-likeness (QED) is 0.362. The van der Waals surface area contributed by atoms with Gasteiger partial charge in [0.05, 0.1) is 26.3 Å². The molecule has 0 radical (unpaired) electrons. The Bertz CT molecular complexity index is 1110. The third-order valence-corrected chi connectivity index (χ3v) is 4.21. The molecule has 170 valence electrons. The van der Waals surface area contributed by atoms with E-state index in [4.69, 9.17) is 23.4 Å². The summed E-state index contributed by atoms with van der Waals surface area (Å²) in [5.74, 6) is 0.301. The number of ether oxygens (including phenoxy) is 4. The molecule has 0 fully saturated rings. The molecule has 1 aromatic heterocycles. The van der Waals surface area contributed by atoms with Crippen LogP contribution in [0.15, 0.2) is 34.7 Å². The average Bonchev–Trinajstić information content (AvgIpc) is 3.24. The Morgan fingerprint density at radius 1 is 1.00 bits per heavy atom. The number of nitro benzene ring substituents is 1. The van der Waals surface area contributed by atoms with Gasteiger partial charge in [-0.15, -0.1) is 10.2 Å². The van der Waals surface area contributed by atoms with Crippen LogP contribution in [0.3, 0.4) is 0 Å². The van der Waals surface area contributed by atoms with E-state index in [2.05, 4.69) is 10.2 Å². The monoisotopic (exact) mass is 455 g/mol. The Morgan fingerprint density at radius 3 is 2.19 bits per heavy atom. The number of alkyl halides is 3. The molecule has 0 aliphatic heterocycles. The van der Waals surface area contributed by atoms with Crippen molar-refractivity contribution < 1.29 is 41.5 Å². The summed E-state index contributed by atoms with van der Waals surface area (Å²) in [6, 6.07) is 5.26. The molecule has 0 atom stereocenters. The molecule has 3 aromatic rings. The van der Waals surface area contributed by atoms with Gasteiger partial charge >= 0.3 is 6.18 Å². The van der Waals surface area contributed by atoms with Gasteiger partial charge in [0.2, 0.25) is 11.6 Å². The minimum atomic E-state index is -4.86. The van der Waals surface area contributed by atoms with Gasteiger partial charge in [-0.3, -0.25) is 10.1 Å². The number of nitro groups is 1. The fourth-order valence-electron chi connectivity index (χ4n) is 2.75. The molecule has 0 saturated heterocycles. The SMILES string of the molecule is COc1cc(-c2nnc(COc3ccc([N+](=O)[O-])cc3C(F)(F)F)o2)cc(OC)c1OC. The molecule has 2 aromatic carbocycles. The average molecular weight is 455 g/mol. The van der Waals surface area contributed by atoms with E-state index in [-0.39, 0.29) is 11.8 Å². The molecular weight excluding hydrogens is 439 g/mol. The van der Waals surface area contributed by atoms with E-state index in [0.29, 0.717) is 28.9 Å². The van der Waals surface area contributed by atoms with Gasteiger partial charge in [0, 0.05) is 17.7 Å². The molecular formula is C19H16F3N3O7. The molecule has 13 heteroatoms. The van der Waals surface area contributed by atoms with Crippen molar-refractivity contribution in [3.05, 3.63) is 51.9 Å². The Labute approximate surface area is 178 Å². The van der Waals surface area contributed by atoms with Gasteiger partial charge in [-0.25, -0.2) is 0 Å². The van der Waals surface area contributed by atoms with E-state index in [9.17, 15) is 23.3 Å². The van der Waals surface area contributed by atoms with Gasteiger partial charge in [-0.05, 0) is 18.2 Å². The number of hydrogen-bond donors (Lipinski definition) is 0. The van der Waals surface area contributed by atoms with Gasteiger partial charge < -0.3 is 23.4 Å². The predicted molar refractivity (Wildman–Crippen MR) is 102 cm³/mol. The Morgan fingerprint density at radius 2 is 1.66 bits per heavy atom. The van der Waals surface area contributed by atoms with Gasteiger partial charge in [-0.2, -0.15) is 13.2 Å². The fourth-order valence-corrected chi connectivity index (χ4v) is 2.75. The number of aromatic nitrogens is 2. The molecule has 10 nitrogen and oxygen atoms in total. The summed E-state index contributed by atoms with van der Waals surface area (Å²) >= 11 is 0. The van der Waals surface area contributed by atoms with Crippen molar-refractivity contribution in [2.24, 2.45) is 0 Å². The molecule has 0 bridgehead atoms. The van der Waals surface area contributed by atoms with Crippen LogP contribution < -0.4 is 18.9 Å². The minimum Gasteiger partial charge on any atom is -0.493 e. The van der Waals surface area contributed by atoms with E-state index in [1.807, 2.05) is 0 Å². The van der Waals surface area contributed by atoms with Crippen LogP contribution in [0.2, 0.25) is 0 Å². The lowest BCUT2D eigenvalue weighted by Crippen LogP contribution is -2.09. The van der Waals surface area contributed by atoms with Crippen molar-refractivity contribution in [2.45, 2.75) is 12.8 Å². The third-order valence-electron chi connectivity index (χ3n) is 4.21. The van der Waals surface area contributed by atoms with Crippen LogP contribution in [0.5, 0.6) is 23.0 Å². The largest absolute Gasteiger partial charge is 0.493 e. The second kappa shape index (κ2) is 8.99. The standard InChI is InChI=1S/C19H16F3N3O7/c1-28-14-6-10(7-15(29-2)17(14)30-3)18-24-23-16(32-18)9-31-13-5-4-11(25(26)27)8-12(13)19(20,21)22/h4-8H,9H2,1-3H3. The highest BCUT2D eigenvalue weighted by Gasteiger charge is 2.36. The number of nitrogens with zero attached hydrogens (tertiary/aromatic N) is 3. The Balaban J connectivity index is 1.85. The molecule has 0 saturated carbocycles. The summed E-state index contributed by atoms with van der Waals surface area (Å²) < 4.78 is 66.1. The second-order valence-electron chi connectivity index (χ2n) is 6.14. The first kappa shape index (κ1) is 22.7. The first-order valence-electron chi connectivity index (χ1n) is 8.79. The maximum Gasteiger partial charge on any atom is 0.420 e. The summed E-state index contributed by atoms with van der Waals surface area (Å²) in [4.78, 5) is 9.85. The molecule has 0 N–H and O–H groups in total. The first-order chi connectivity index (χ1) is 15.2. The highest BCUT2D eigenvalue weighted by molar-refractivity contribution is 5.65. The van der Waals surface area contributed by atoms with E-state index < -0.39 is 34.7 Å². The summed E-state index contributed by atoms with van der Waals surface area (Å²) in [7, 11) is 4.29. The van der Waals surface area contributed by atoms with Gasteiger partial charge in [-0.1, -0.05) is 0 Å². The first-order valence-corrected chi connectivity index (χ1v) is 8.79. The third kappa shape index (κ3) is 4.66. The molecule has 32 heavy (non-hydrogen) atoms. The van der Waals surface area contributed by atoms with E-state index in [1.165, 1.54) is 21.3 Å². The molecule has 0 aliphatic carbocycles. The second-order valence-corrected chi connectivity index (χ2v) is 6.14. The van der Waals surface area contributed by atoms with E-state index in [0.717, 1.165) is 12.1 Å². The maximum absolute atomic E-state index is 13.3. The number of rotatable bonds is 8. The van der Waals surface area contributed by atoms with Crippen LogP contribution in [0.1, 0.15) is 11.5 Å². The fraction of sp³-hybridized carbons (Fsp3) is 0.263. The summed E-state index contributed by atoms with van der Waals surface area (Å²) in [5.41, 5.74) is -1.60. The van der Waals surface area contributed by atoms with Crippen molar-refractivity contribution in [3.63, 3.8) is 0 Å². The maximum atomic E-state index is 13.3. The van der Waals surface area contributed by atoms with Crippen molar-refractivity contribution >= 4 is 5.69 Å². The molecule has 3 rings (SSSR count). The molecule has 0 spiro atoms. The van der Waals surface area contributed by atoms with Gasteiger partial charge in [0.1, 0.15) is 11.3 Å². The zero-order valence-electron chi connectivity index (χ0n) is 16.9. The van der Waals surface area contributed by atoms with Crippen molar-refractivity contribution in [1.82, 2.24) is 10.2 Å². The normalized spacial score (nSPS) is 11.2. The topological polar surface area (TPSA) is 119 Å². The highest BCUT2D eigenvalue weighted by Crippen LogP contribution is 2.41. The van der Waals surface area contributed by atoms with Crippen LogP contribution in [-0.2, 0) is 12.8 Å². The van der Waals surface area contributed by atoms with Crippen molar-refractivity contribution in [1.29, 1.82) is 0 Å². The van der Waals surface area contributed by atoms with Crippen LogP contribution in [0, 0.1) is 10.1 Å². The van der Waals surface area contributed by atoms with Crippen LogP contribution in [0.4, 0.5) is 18.9 Å². The number of benzene rings is 2. The van der Waals surface area contributed by atoms with Crippen LogP contribution in [-0.4, -0.2) is 36.5 Å². The molecule has 0 amide bonds. The summed E-state index contributed by atoms with van der Waals surface area (Å²) in [5, 5.41) is 18.4.